The molecule has 2 aromatic rings. The van der Waals surface area contributed by atoms with Gasteiger partial charge >= 0.3 is 0 Å². The summed E-state index contributed by atoms with van der Waals surface area (Å²) in [6.07, 6.45) is 0.454. The molecule has 0 aliphatic heterocycles. The van der Waals surface area contributed by atoms with Crippen molar-refractivity contribution in [2.45, 2.75) is 25.9 Å². The molecular formula is C20H22ClFN2O3. The predicted molar refractivity (Wildman–Crippen MR) is 102 cm³/mol. The average Bonchev–Trinajstić information content (AvgIpc) is 2.68. The number of carbonyl (C=O) groups excluding carboxylic acids is 2. The van der Waals surface area contributed by atoms with Gasteiger partial charge in [-0.25, -0.2) is 4.39 Å². The highest BCUT2D eigenvalue weighted by atomic mass is 35.5. The molecule has 2 amide bonds. The number of rotatable bonds is 8. The van der Waals surface area contributed by atoms with Crippen LogP contribution in [-0.2, 0) is 16.1 Å². The molecule has 0 spiro atoms. The van der Waals surface area contributed by atoms with E-state index in [2.05, 4.69) is 5.32 Å². The van der Waals surface area contributed by atoms with E-state index in [0.29, 0.717) is 17.2 Å². The van der Waals surface area contributed by atoms with Crippen molar-refractivity contribution in [3.63, 3.8) is 0 Å². The second-order valence-electron chi connectivity index (χ2n) is 5.93. The molecule has 2 rings (SSSR count). The minimum Gasteiger partial charge on any atom is -0.484 e. The molecule has 144 valence electrons. The molecule has 5 nitrogen and oxygen atoms in total. The molecule has 0 saturated heterocycles. The van der Waals surface area contributed by atoms with Crippen molar-refractivity contribution < 1.29 is 18.7 Å². The number of amides is 2. The highest BCUT2D eigenvalue weighted by Crippen LogP contribution is 2.16. The molecule has 0 aliphatic carbocycles. The molecule has 0 radical (unpaired) electrons. The van der Waals surface area contributed by atoms with Gasteiger partial charge in [0.25, 0.3) is 5.91 Å². The van der Waals surface area contributed by atoms with Crippen LogP contribution < -0.4 is 10.1 Å². The van der Waals surface area contributed by atoms with Gasteiger partial charge in [0.05, 0.1) is 0 Å². The Bertz CT molecular complexity index is 766. The fourth-order valence-corrected chi connectivity index (χ4v) is 2.76. The minimum atomic E-state index is -0.630. The lowest BCUT2D eigenvalue weighted by molar-refractivity contribution is -0.142. The number of ether oxygens (including phenoxy) is 1. The van der Waals surface area contributed by atoms with Gasteiger partial charge in [0.2, 0.25) is 5.91 Å². The highest BCUT2D eigenvalue weighted by Gasteiger charge is 2.28. The van der Waals surface area contributed by atoms with E-state index in [1.807, 2.05) is 6.92 Å². The van der Waals surface area contributed by atoms with Crippen LogP contribution in [0.15, 0.2) is 48.5 Å². The average molecular weight is 393 g/mol. The summed E-state index contributed by atoms with van der Waals surface area (Å²) in [6.45, 7) is 1.82. The molecule has 0 aromatic heterocycles. The minimum absolute atomic E-state index is 0.245. The summed E-state index contributed by atoms with van der Waals surface area (Å²) in [5, 5.41) is 3.18. The van der Waals surface area contributed by atoms with Crippen molar-refractivity contribution in [3.05, 3.63) is 64.9 Å². The van der Waals surface area contributed by atoms with E-state index in [0.717, 1.165) is 5.56 Å². The largest absolute Gasteiger partial charge is 0.484 e. The van der Waals surface area contributed by atoms with E-state index in [4.69, 9.17) is 16.3 Å². The van der Waals surface area contributed by atoms with Crippen LogP contribution in [-0.4, -0.2) is 36.4 Å². The zero-order chi connectivity index (χ0) is 19.8. The number of benzene rings is 2. The van der Waals surface area contributed by atoms with Gasteiger partial charge < -0.3 is 15.0 Å². The first-order valence-corrected chi connectivity index (χ1v) is 8.96. The summed E-state index contributed by atoms with van der Waals surface area (Å²) in [4.78, 5) is 26.5. The van der Waals surface area contributed by atoms with E-state index in [1.54, 1.807) is 24.3 Å². The van der Waals surface area contributed by atoms with Gasteiger partial charge in [-0.15, -0.1) is 0 Å². The van der Waals surface area contributed by atoms with E-state index in [1.165, 1.54) is 36.2 Å². The molecular weight excluding hydrogens is 371 g/mol. The van der Waals surface area contributed by atoms with Crippen molar-refractivity contribution >= 4 is 23.4 Å². The van der Waals surface area contributed by atoms with Crippen LogP contribution in [0.2, 0.25) is 5.02 Å². The van der Waals surface area contributed by atoms with Gasteiger partial charge in [0, 0.05) is 18.6 Å². The van der Waals surface area contributed by atoms with Gasteiger partial charge in [0.1, 0.15) is 17.6 Å². The van der Waals surface area contributed by atoms with Crippen molar-refractivity contribution in [1.82, 2.24) is 10.2 Å². The van der Waals surface area contributed by atoms with Crippen molar-refractivity contribution in [2.75, 3.05) is 13.7 Å². The summed E-state index contributed by atoms with van der Waals surface area (Å²) in [6, 6.07) is 11.8. The topological polar surface area (TPSA) is 58.6 Å². The fourth-order valence-electron chi connectivity index (χ4n) is 2.63. The molecule has 0 fully saturated rings. The number of halogens is 2. The maximum absolute atomic E-state index is 13.0. The first-order valence-electron chi connectivity index (χ1n) is 8.58. The third-order valence-electron chi connectivity index (χ3n) is 4.07. The number of nitrogens with one attached hydrogen (secondary N) is 1. The van der Waals surface area contributed by atoms with Crippen LogP contribution >= 0.6 is 11.6 Å². The van der Waals surface area contributed by atoms with Gasteiger partial charge in [-0.1, -0.05) is 30.7 Å². The van der Waals surface area contributed by atoms with Crippen LogP contribution in [0, 0.1) is 5.82 Å². The third kappa shape index (κ3) is 5.96. The fraction of sp³-hybridized carbons (Fsp3) is 0.300. The van der Waals surface area contributed by atoms with Crippen LogP contribution in [0.5, 0.6) is 5.75 Å². The quantitative estimate of drug-likeness (QED) is 0.749. The van der Waals surface area contributed by atoms with Gasteiger partial charge in [-0.05, 0) is 48.4 Å². The van der Waals surface area contributed by atoms with Crippen LogP contribution in [0.1, 0.15) is 18.9 Å². The smallest absolute Gasteiger partial charge is 0.261 e. The molecule has 0 unspecified atom stereocenters. The number of carbonyl (C=O) groups is 2. The maximum atomic E-state index is 13.0. The number of likely N-dealkylation sites (N-methyl/N-ethyl adjacent to an activating group) is 1. The van der Waals surface area contributed by atoms with Crippen molar-refractivity contribution in [3.8, 4) is 5.75 Å². The Balaban J connectivity index is 2.15. The molecule has 27 heavy (non-hydrogen) atoms. The molecule has 7 heteroatoms. The Kier molecular flexibility index (Phi) is 7.61. The molecule has 0 saturated carbocycles. The standard InChI is InChI=1S/C20H22ClFN2O3/c1-3-18(20(26)23-2)24(12-14-4-6-15(21)7-5-14)19(25)13-27-17-10-8-16(22)9-11-17/h4-11,18H,3,12-13H2,1-2H3,(H,23,26)/t18-/m0/s1. The lowest BCUT2D eigenvalue weighted by atomic mass is 10.1. The normalized spacial score (nSPS) is 11.6. The van der Waals surface area contributed by atoms with Gasteiger partial charge in [0.15, 0.2) is 6.61 Å². The molecule has 0 bridgehead atoms. The first kappa shape index (κ1) is 20.7. The summed E-state index contributed by atoms with van der Waals surface area (Å²) < 4.78 is 18.4. The summed E-state index contributed by atoms with van der Waals surface area (Å²) in [5.41, 5.74) is 0.844. The Morgan fingerprint density at radius 3 is 2.33 bits per heavy atom. The van der Waals surface area contributed by atoms with Gasteiger partial charge in [-0.2, -0.15) is 0 Å². The number of hydrogen-bond donors (Lipinski definition) is 1. The SMILES string of the molecule is CC[C@@H](C(=O)NC)N(Cc1ccc(Cl)cc1)C(=O)COc1ccc(F)cc1. The van der Waals surface area contributed by atoms with E-state index in [-0.39, 0.29) is 30.8 Å². The Morgan fingerprint density at radius 2 is 1.78 bits per heavy atom. The van der Waals surface area contributed by atoms with Crippen LogP contribution in [0.4, 0.5) is 4.39 Å². The van der Waals surface area contributed by atoms with E-state index >= 15 is 0 Å². The Morgan fingerprint density at radius 1 is 1.15 bits per heavy atom. The Hall–Kier alpha value is -2.60. The summed E-state index contributed by atoms with van der Waals surface area (Å²) in [7, 11) is 1.53. The molecule has 2 aromatic carbocycles. The van der Waals surface area contributed by atoms with E-state index in [9.17, 15) is 14.0 Å². The zero-order valence-electron chi connectivity index (χ0n) is 15.2. The first-order chi connectivity index (χ1) is 12.9. The predicted octanol–water partition coefficient (Wildman–Crippen LogP) is 3.41. The molecule has 0 heterocycles. The lowest BCUT2D eigenvalue weighted by Crippen LogP contribution is -2.49. The van der Waals surface area contributed by atoms with Crippen molar-refractivity contribution in [1.29, 1.82) is 0 Å². The number of hydrogen-bond acceptors (Lipinski definition) is 3. The second-order valence-corrected chi connectivity index (χ2v) is 6.37. The lowest BCUT2D eigenvalue weighted by Gasteiger charge is -2.30. The number of nitrogens with zero attached hydrogens (tertiary/aromatic N) is 1. The molecule has 0 aliphatic rings. The third-order valence-corrected chi connectivity index (χ3v) is 4.33. The molecule has 1 N–H and O–H groups in total. The summed E-state index contributed by atoms with van der Waals surface area (Å²) in [5.74, 6) is -0.598. The second kappa shape index (κ2) is 9.92. The van der Waals surface area contributed by atoms with Crippen LogP contribution in [0.3, 0.4) is 0 Å². The van der Waals surface area contributed by atoms with Crippen LogP contribution in [0.25, 0.3) is 0 Å². The highest BCUT2D eigenvalue weighted by molar-refractivity contribution is 6.30. The molecule has 1 atom stereocenters. The van der Waals surface area contributed by atoms with Gasteiger partial charge in [-0.3, -0.25) is 9.59 Å². The maximum Gasteiger partial charge on any atom is 0.261 e. The summed E-state index contributed by atoms with van der Waals surface area (Å²) >= 11 is 5.91. The Labute approximate surface area is 163 Å². The zero-order valence-corrected chi connectivity index (χ0v) is 16.0. The van der Waals surface area contributed by atoms with E-state index < -0.39 is 6.04 Å². The van der Waals surface area contributed by atoms with Crippen molar-refractivity contribution in [2.24, 2.45) is 0 Å². The monoisotopic (exact) mass is 392 g/mol.